The van der Waals surface area contributed by atoms with Crippen molar-refractivity contribution >= 4 is 17.3 Å². The number of carbonyl (C=O) groups is 1. The molecule has 25 heavy (non-hydrogen) atoms. The molecule has 3 rings (SSSR count). The van der Waals surface area contributed by atoms with Crippen molar-refractivity contribution in [3.63, 3.8) is 0 Å². The number of hydrogen-bond acceptors (Lipinski definition) is 6. The molecule has 0 atom stereocenters. The first-order valence-electron chi connectivity index (χ1n) is 7.59. The molecule has 0 fully saturated rings. The number of carbonyl (C=O) groups excluding carboxylic acids is 1. The van der Waals surface area contributed by atoms with Crippen molar-refractivity contribution < 1.29 is 9.90 Å². The summed E-state index contributed by atoms with van der Waals surface area (Å²) in [7, 11) is 0. The van der Waals surface area contributed by atoms with Gasteiger partial charge in [0.05, 0.1) is 11.9 Å². The number of phenolic OH excluding ortho intramolecular Hbond substituents is 1. The number of phenols is 1. The molecule has 0 saturated heterocycles. The van der Waals surface area contributed by atoms with E-state index in [0.29, 0.717) is 23.5 Å². The highest BCUT2D eigenvalue weighted by Crippen LogP contribution is 2.29. The Balaban J connectivity index is 1.72. The number of primary amides is 1. The molecule has 126 valence electrons. The quantitative estimate of drug-likeness (QED) is 0.673. The molecule has 3 N–H and O–H groups in total. The molecule has 0 saturated carbocycles. The van der Waals surface area contributed by atoms with Crippen LogP contribution < -0.4 is 5.73 Å². The molecule has 0 spiro atoms. The van der Waals surface area contributed by atoms with Crippen molar-refractivity contribution in [2.45, 2.75) is 13.0 Å². The molecule has 0 unspecified atom stereocenters. The van der Waals surface area contributed by atoms with Crippen LogP contribution in [-0.2, 0) is 13.0 Å². The Morgan fingerprint density at radius 3 is 2.64 bits per heavy atom. The number of nitrogens with two attached hydrogens (primary N) is 1. The third-order valence-corrected chi connectivity index (χ3v) is 3.57. The minimum absolute atomic E-state index is 0.0435. The molecular weight excluding hydrogens is 320 g/mol. The lowest BCUT2D eigenvalue weighted by Crippen LogP contribution is -2.10. The molecule has 1 amide bonds. The number of aryl methyl sites for hydroxylation is 2. The molecule has 8 heteroatoms. The monoisotopic (exact) mass is 336 g/mol. The number of aromatic nitrogens is 3. The third kappa shape index (κ3) is 4.25. The van der Waals surface area contributed by atoms with E-state index in [9.17, 15) is 9.90 Å². The molecular formula is C17H16N6O2. The normalized spacial score (nSPS) is 11.0. The number of benzene rings is 2. The van der Waals surface area contributed by atoms with Crippen LogP contribution in [0.3, 0.4) is 0 Å². The van der Waals surface area contributed by atoms with Crippen molar-refractivity contribution in [3.8, 4) is 5.75 Å². The fourth-order valence-electron chi connectivity index (χ4n) is 2.20. The van der Waals surface area contributed by atoms with Gasteiger partial charge in [-0.25, -0.2) is 0 Å². The van der Waals surface area contributed by atoms with Gasteiger partial charge in [0.15, 0.2) is 0 Å². The average molecular weight is 336 g/mol. The standard InChI is InChI=1S/C17H16N6O2/c18-17(25)13-2-4-14(5-3-13)20-21-15-11-12(1-6-16(15)24)7-9-23-10-8-19-22-23/h1-6,8,10-11,24H,7,9H2,(H2,18,25). The molecule has 2 aromatic carbocycles. The highest BCUT2D eigenvalue weighted by Gasteiger charge is 2.04. The minimum Gasteiger partial charge on any atom is -0.506 e. The number of amides is 1. The zero-order chi connectivity index (χ0) is 17.6. The Labute approximate surface area is 143 Å². The zero-order valence-corrected chi connectivity index (χ0v) is 13.3. The first-order chi connectivity index (χ1) is 12.1. The van der Waals surface area contributed by atoms with E-state index in [4.69, 9.17) is 5.73 Å². The zero-order valence-electron chi connectivity index (χ0n) is 13.3. The minimum atomic E-state index is -0.499. The van der Waals surface area contributed by atoms with Gasteiger partial charge in [-0.1, -0.05) is 11.3 Å². The van der Waals surface area contributed by atoms with Crippen LogP contribution in [0.5, 0.6) is 5.75 Å². The van der Waals surface area contributed by atoms with Crippen LogP contribution in [0, 0.1) is 0 Å². The van der Waals surface area contributed by atoms with E-state index in [-0.39, 0.29) is 5.75 Å². The first-order valence-corrected chi connectivity index (χ1v) is 7.59. The van der Waals surface area contributed by atoms with E-state index in [1.807, 2.05) is 6.07 Å². The van der Waals surface area contributed by atoms with Gasteiger partial charge in [0, 0.05) is 18.3 Å². The van der Waals surface area contributed by atoms with E-state index in [0.717, 1.165) is 12.0 Å². The molecule has 0 bridgehead atoms. The van der Waals surface area contributed by atoms with Crippen LogP contribution in [0.2, 0.25) is 0 Å². The van der Waals surface area contributed by atoms with Crippen molar-refractivity contribution in [2.24, 2.45) is 16.0 Å². The van der Waals surface area contributed by atoms with Crippen LogP contribution in [0.25, 0.3) is 0 Å². The second-order valence-corrected chi connectivity index (χ2v) is 5.35. The van der Waals surface area contributed by atoms with E-state index in [2.05, 4.69) is 20.5 Å². The summed E-state index contributed by atoms with van der Waals surface area (Å²) in [4.78, 5) is 11.0. The fourth-order valence-corrected chi connectivity index (χ4v) is 2.20. The molecule has 8 nitrogen and oxygen atoms in total. The average Bonchev–Trinajstić information content (AvgIpc) is 3.14. The van der Waals surface area contributed by atoms with Crippen LogP contribution in [-0.4, -0.2) is 26.0 Å². The van der Waals surface area contributed by atoms with Gasteiger partial charge in [-0.15, -0.1) is 10.2 Å². The van der Waals surface area contributed by atoms with E-state index >= 15 is 0 Å². The summed E-state index contributed by atoms with van der Waals surface area (Å²) in [6, 6.07) is 11.6. The molecule has 0 aliphatic carbocycles. The fraction of sp³-hybridized carbons (Fsp3) is 0.118. The largest absolute Gasteiger partial charge is 0.506 e. The lowest BCUT2D eigenvalue weighted by atomic mass is 10.1. The summed E-state index contributed by atoms with van der Waals surface area (Å²) >= 11 is 0. The van der Waals surface area contributed by atoms with Crippen LogP contribution in [0.15, 0.2) is 65.1 Å². The molecule has 1 aromatic heterocycles. The van der Waals surface area contributed by atoms with Gasteiger partial charge in [-0.3, -0.25) is 9.48 Å². The number of azo groups is 1. The maximum atomic E-state index is 11.0. The van der Waals surface area contributed by atoms with Crippen molar-refractivity contribution in [3.05, 3.63) is 66.0 Å². The predicted molar refractivity (Wildman–Crippen MR) is 91.0 cm³/mol. The molecule has 0 radical (unpaired) electrons. The third-order valence-electron chi connectivity index (χ3n) is 3.57. The second kappa shape index (κ2) is 7.35. The lowest BCUT2D eigenvalue weighted by Gasteiger charge is -2.04. The Bertz CT molecular complexity index is 888. The van der Waals surface area contributed by atoms with Crippen LogP contribution >= 0.6 is 0 Å². The SMILES string of the molecule is NC(=O)c1ccc(N=Nc2cc(CCn3ccnn3)ccc2O)cc1. The summed E-state index contributed by atoms with van der Waals surface area (Å²) in [6.07, 6.45) is 4.14. The number of aromatic hydroxyl groups is 1. The van der Waals surface area contributed by atoms with Crippen LogP contribution in [0.1, 0.15) is 15.9 Å². The Morgan fingerprint density at radius 2 is 1.96 bits per heavy atom. The molecule has 0 aliphatic heterocycles. The van der Waals surface area contributed by atoms with E-state index in [1.165, 1.54) is 0 Å². The van der Waals surface area contributed by atoms with Crippen LogP contribution in [0.4, 0.5) is 11.4 Å². The van der Waals surface area contributed by atoms with Gasteiger partial charge in [0.1, 0.15) is 11.4 Å². The summed E-state index contributed by atoms with van der Waals surface area (Å²) in [5.41, 5.74) is 7.51. The van der Waals surface area contributed by atoms with Gasteiger partial charge in [0.2, 0.25) is 5.91 Å². The van der Waals surface area contributed by atoms with Gasteiger partial charge in [-0.05, 0) is 48.4 Å². The van der Waals surface area contributed by atoms with Crippen molar-refractivity contribution in [1.29, 1.82) is 0 Å². The van der Waals surface area contributed by atoms with E-state index in [1.54, 1.807) is 53.5 Å². The first kappa shape index (κ1) is 16.3. The summed E-state index contributed by atoms with van der Waals surface area (Å²) in [5.74, 6) is -0.455. The Hall–Kier alpha value is -3.55. The maximum absolute atomic E-state index is 11.0. The Morgan fingerprint density at radius 1 is 1.16 bits per heavy atom. The summed E-state index contributed by atoms with van der Waals surface area (Å²) in [6.45, 7) is 0.677. The van der Waals surface area contributed by atoms with Gasteiger partial charge < -0.3 is 10.8 Å². The van der Waals surface area contributed by atoms with Crippen molar-refractivity contribution in [2.75, 3.05) is 0 Å². The smallest absolute Gasteiger partial charge is 0.248 e. The molecule has 1 heterocycles. The van der Waals surface area contributed by atoms with Gasteiger partial charge in [-0.2, -0.15) is 5.11 Å². The highest BCUT2D eigenvalue weighted by atomic mass is 16.3. The highest BCUT2D eigenvalue weighted by molar-refractivity contribution is 5.92. The molecule has 3 aromatic rings. The number of hydrogen-bond donors (Lipinski definition) is 2. The second-order valence-electron chi connectivity index (χ2n) is 5.35. The van der Waals surface area contributed by atoms with Crippen molar-refractivity contribution in [1.82, 2.24) is 15.0 Å². The Kier molecular flexibility index (Phi) is 4.79. The number of nitrogens with zero attached hydrogens (tertiary/aromatic N) is 5. The number of rotatable bonds is 6. The predicted octanol–water partition coefficient (Wildman–Crippen LogP) is 2.74. The van der Waals surface area contributed by atoms with E-state index < -0.39 is 5.91 Å². The molecule has 0 aliphatic rings. The summed E-state index contributed by atoms with van der Waals surface area (Å²) in [5, 5.41) is 25.8. The lowest BCUT2D eigenvalue weighted by molar-refractivity contribution is 0.100. The summed E-state index contributed by atoms with van der Waals surface area (Å²) < 4.78 is 1.73. The topological polar surface area (TPSA) is 119 Å². The van der Waals surface area contributed by atoms with Gasteiger partial charge in [0.25, 0.3) is 0 Å². The van der Waals surface area contributed by atoms with Gasteiger partial charge >= 0.3 is 0 Å². The maximum Gasteiger partial charge on any atom is 0.248 e.